The third-order valence-electron chi connectivity index (χ3n) is 4.26. The van der Waals surface area contributed by atoms with Crippen LogP contribution < -0.4 is 5.32 Å². The first-order valence-electron chi connectivity index (χ1n) is 9.21. The van der Waals surface area contributed by atoms with Crippen molar-refractivity contribution in [2.45, 2.75) is 18.6 Å². The van der Waals surface area contributed by atoms with E-state index >= 15 is 0 Å². The minimum absolute atomic E-state index is 0.0187. The van der Waals surface area contributed by atoms with Gasteiger partial charge < -0.3 is 14.8 Å². The number of amides is 1. The SMILES string of the molecule is C=CCn1c(SCC(=O)Nc2sc(C(=O)OC)c(C)c2C(=O)OC)nnc1-c1cccs1. The Bertz CT molecular complexity index is 1150. The lowest BCUT2D eigenvalue weighted by atomic mass is 10.1. The predicted molar refractivity (Wildman–Crippen MR) is 125 cm³/mol. The van der Waals surface area contributed by atoms with E-state index in [1.807, 2.05) is 22.1 Å². The molecule has 0 bridgehead atoms. The average Bonchev–Trinajstić information content (AvgIpc) is 3.51. The van der Waals surface area contributed by atoms with Gasteiger partial charge in [-0.15, -0.1) is 39.4 Å². The maximum atomic E-state index is 12.6. The second kappa shape index (κ2) is 10.6. The number of carbonyl (C=O) groups excluding carboxylic acids is 3. The van der Waals surface area contributed by atoms with Crippen LogP contribution in [0.4, 0.5) is 5.00 Å². The third kappa shape index (κ3) is 4.92. The molecule has 0 unspecified atom stereocenters. The van der Waals surface area contributed by atoms with Crippen molar-refractivity contribution in [2.24, 2.45) is 0 Å². The van der Waals surface area contributed by atoms with Crippen molar-refractivity contribution in [1.82, 2.24) is 14.8 Å². The van der Waals surface area contributed by atoms with Crippen molar-refractivity contribution in [1.29, 1.82) is 0 Å². The van der Waals surface area contributed by atoms with Crippen molar-refractivity contribution in [3.8, 4) is 10.7 Å². The molecule has 0 fully saturated rings. The lowest BCUT2D eigenvalue weighted by Gasteiger charge is -2.08. The van der Waals surface area contributed by atoms with E-state index in [1.165, 1.54) is 26.0 Å². The standard InChI is InChI=1S/C20H20N4O5S3/c1-5-8-24-16(12-7-6-9-30-12)22-23-20(24)31-10-13(25)21-17-14(18(26)28-3)11(2)15(32-17)19(27)29-4/h5-7,9H,1,8,10H2,2-4H3,(H,21,25). The number of hydrogen-bond donors (Lipinski definition) is 1. The molecule has 3 heterocycles. The average molecular weight is 493 g/mol. The molecule has 0 saturated carbocycles. The molecule has 0 aliphatic carbocycles. The van der Waals surface area contributed by atoms with Gasteiger partial charge in [0.2, 0.25) is 5.91 Å². The lowest BCUT2D eigenvalue weighted by molar-refractivity contribution is -0.113. The summed E-state index contributed by atoms with van der Waals surface area (Å²) in [7, 11) is 2.48. The van der Waals surface area contributed by atoms with E-state index in [9.17, 15) is 14.4 Å². The Morgan fingerprint density at radius 2 is 2.00 bits per heavy atom. The molecule has 0 saturated heterocycles. The van der Waals surface area contributed by atoms with Crippen LogP contribution in [-0.2, 0) is 20.8 Å². The third-order valence-corrected chi connectivity index (χ3v) is 7.28. The normalized spacial score (nSPS) is 10.6. The van der Waals surface area contributed by atoms with E-state index in [-0.39, 0.29) is 27.1 Å². The fourth-order valence-corrected chi connectivity index (χ4v) is 5.40. The molecule has 168 valence electrons. The molecule has 0 aliphatic rings. The van der Waals surface area contributed by atoms with Crippen LogP contribution in [0.3, 0.4) is 0 Å². The predicted octanol–water partition coefficient (Wildman–Crippen LogP) is 3.87. The van der Waals surface area contributed by atoms with Crippen molar-refractivity contribution >= 4 is 57.3 Å². The Kier molecular flexibility index (Phi) is 7.83. The van der Waals surface area contributed by atoms with Gasteiger partial charge in [-0.2, -0.15) is 0 Å². The maximum absolute atomic E-state index is 12.6. The summed E-state index contributed by atoms with van der Waals surface area (Å²) >= 11 is 3.71. The largest absolute Gasteiger partial charge is 0.465 e. The fraction of sp³-hybridized carbons (Fsp3) is 0.250. The topological polar surface area (TPSA) is 112 Å². The van der Waals surface area contributed by atoms with Gasteiger partial charge in [-0.1, -0.05) is 23.9 Å². The summed E-state index contributed by atoms with van der Waals surface area (Å²) < 4.78 is 11.4. The zero-order valence-electron chi connectivity index (χ0n) is 17.5. The quantitative estimate of drug-likeness (QED) is 0.272. The van der Waals surface area contributed by atoms with Gasteiger partial charge in [-0.05, 0) is 23.9 Å². The number of nitrogens with one attached hydrogen (secondary N) is 1. The lowest BCUT2D eigenvalue weighted by Crippen LogP contribution is -2.16. The smallest absolute Gasteiger partial charge is 0.348 e. The minimum atomic E-state index is -0.650. The monoisotopic (exact) mass is 492 g/mol. The number of hydrogen-bond acceptors (Lipinski definition) is 10. The van der Waals surface area contributed by atoms with E-state index in [0.29, 0.717) is 23.1 Å². The van der Waals surface area contributed by atoms with Crippen molar-refractivity contribution in [3.05, 3.63) is 46.2 Å². The summed E-state index contributed by atoms with van der Waals surface area (Å²) in [6.45, 7) is 5.86. The summed E-state index contributed by atoms with van der Waals surface area (Å²) in [5.41, 5.74) is 0.522. The first-order chi connectivity index (χ1) is 15.4. The van der Waals surface area contributed by atoms with E-state index in [1.54, 1.807) is 24.3 Å². The molecule has 0 aromatic carbocycles. The number of rotatable bonds is 9. The van der Waals surface area contributed by atoms with Gasteiger partial charge in [0.05, 0.1) is 30.4 Å². The van der Waals surface area contributed by atoms with Gasteiger partial charge in [0.1, 0.15) is 9.88 Å². The van der Waals surface area contributed by atoms with Crippen LogP contribution in [-0.4, -0.2) is 52.6 Å². The van der Waals surface area contributed by atoms with Gasteiger partial charge >= 0.3 is 11.9 Å². The Labute approximate surface area is 196 Å². The van der Waals surface area contributed by atoms with Gasteiger partial charge in [0.15, 0.2) is 11.0 Å². The molecule has 3 rings (SSSR count). The van der Waals surface area contributed by atoms with E-state index in [2.05, 4.69) is 22.1 Å². The first-order valence-corrected chi connectivity index (χ1v) is 11.9. The highest BCUT2D eigenvalue weighted by Crippen LogP contribution is 2.34. The number of ether oxygens (including phenoxy) is 2. The van der Waals surface area contributed by atoms with Crippen LogP contribution >= 0.6 is 34.4 Å². The van der Waals surface area contributed by atoms with E-state index in [0.717, 1.165) is 16.2 Å². The number of allylic oxidation sites excluding steroid dienone is 1. The zero-order valence-corrected chi connectivity index (χ0v) is 20.0. The Balaban J connectivity index is 1.78. The van der Waals surface area contributed by atoms with Crippen LogP contribution in [0.5, 0.6) is 0 Å². The van der Waals surface area contributed by atoms with Crippen molar-refractivity contribution in [2.75, 3.05) is 25.3 Å². The summed E-state index contributed by atoms with van der Waals surface area (Å²) in [6.07, 6.45) is 1.73. The van der Waals surface area contributed by atoms with Crippen LogP contribution in [0.2, 0.25) is 0 Å². The molecule has 0 atom stereocenters. The minimum Gasteiger partial charge on any atom is -0.465 e. The highest BCUT2D eigenvalue weighted by molar-refractivity contribution is 7.99. The number of thioether (sulfide) groups is 1. The second-order valence-corrected chi connectivity index (χ2v) is 9.17. The van der Waals surface area contributed by atoms with Crippen LogP contribution in [0, 0.1) is 6.92 Å². The van der Waals surface area contributed by atoms with Gasteiger partial charge in [0.25, 0.3) is 0 Å². The number of thiophene rings is 2. The summed E-state index contributed by atoms with van der Waals surface area (Å²) in [5.74, 6) is -0.893. The molecule has 0 radical (unpaired) electrons. The molecule has 0 spiro atoms. The number of carbonyl (C=O) groups is 3. The van der Waals surface area contributed by atoms with Crippen molar-refractivity contribution in [3.63, 3.8) is 0 Å². The molecule has 9 nitrogen and oxygen atoms in total. The molecule has 3 aromatic heterocycles. The Hall–Kier alpha value is -2.96. The molecule has 12 heteroatoms. The molecule has 3 aromatic rings. The van der Waals surface area contributed by atoms with Crippen LogP contribution in [0.15, 0.2) is 35.3 Å². The molecule has 0 aliphatic heterocycles. The Morgan fingerprint density at radius 3 is 2.62 bits per heavy atom. The second-order valence-electron chi connectivity index (χ2n) is 6.26. The summed E-state index contributed by atoms with van der Waals surface area (Å²) in [6, 6.07) is 3.87. The zero-order chi connectivity index (χ0) is 23.3. The van der Waals surface area contributed by atoms with Gasteiger partial charge in [-0.3, -0.25) is 9.36 Å². The van der Waals surface area contributed by atoms with Crippen LogP contribution in [0.25, 0.3) is 10.7 Å². The number of anilines is 1. The molecule has 1 amide bonds. The number of aromatic nitrogens is 3. The fourth-order valence-electron chi connectivity index (χ4n) is 2.81. The molecular formula is C20H20N4O5S3. The highest BCUT2D eigenvalue weighted by Gasteiger charge is 2.27. The number of esters is 2. The Morgan fingerprint density at radius 1 is 1.25 bits per heavy atom. The summed E-state index contributed by atoms with van der Waals surface area (Å²) in [4.78, 5) is 38.0. The van der Waals surface area contributed by atoms with Gasteiger partial charge in [0, 0.05) is 6.54 Å². The molecule has 32 heavy (non-hydrogen) atoms. The van der Waals surface area contributed by atoms with Crippen LogP contribution in [0.1, 0.15) is 25.6 Å². The first kappa shape index (κ1) is 23.7. The van der Waals surface area contributed by atoms with Gasteiger partial charge in [-0.25, -0.2) is 9.59 Å². The number of nitrogens with zero attached hydrogens (tertiary/aromatic N) is 3. The maximum Gasteiger partial charge on any atom is 0.348 e. The van der Waals surface area contributed by atoms with E-state index in [4.69, 9.17) is 9.47 Å². The highest BCUT2D eigenvalue weighted by atomic mass is 32.2. The molecule has 1 N–H and O–H groups in total. The van der Waals surface area contributed by atoms with Crippen molar-refractivity contribution < 1.29 is 23.9 Å². The summed E-state index contributed by atoms with van der Waals surface area (Å²) in [5, 5.41) is 13.9. The van der Waals surface area contributed by atoms with E-state index < -0.39 is 11.9 Å². The number of methoxy groups -OCH3 is 2. The molecular weight excluding hydrogens is 472 g/mol.